The Bertz CT molecular complexity index is 896. The lowest BCUT2D eigenvalue weighted by Crippen LogP contribution is -2.32. The standard InChI is InChI=1S/C16H12ClF4N3S/c1-23(25-11-4-6-24-7-5-22-14(24)9-11)15(16(19,20)21)10-2-3-12(17)13(18)8-10/h2-9,15H,1H3. The van der Waals surface area contributed by atoms with Gasteiger partial charge in [0.2, 0.25) is 0 Å². The van der Waals surface area contributed by atoms with Crippen LogP contribution in [0.15, 0.2) is 53.8 Å². The van der Waals surface area contributed by atoms with Crippen molar-refractivity contribution in [2.45, 2.75) is 17.1 Å². The quantitative estimate of drug-likeness (QED) is 0.442. The molecule has 0 radical (unpaired) electrons. The van der Waals surface area contributed by atoms with Crippen molar-refractivity contribution in [1.29, 1.82) is 0 Å². The van der Waals surface area contributed by atoms with Gasteiger partial charge in [-0.2, -0.15) is 13.2 Å². The molecule has 0 fully saturated rings. The SMILES string of the molecule is CN(Sc1ccn2ccnc2c1)C(c1ccc(Cl)c(F)c1)C(F)(F)F. The van der Waals surface area contributed by atoms with E-state index >= 15 is 0 Å². The molecule has 2 aromatic heterocycles. The molecule has 0 N–H and O–H groups in total. The third-order valence-electron chi connectivity index (χ3n) is 3.55. The third-order valence-corrected chi connectivity index (χ3v) is 4.82. The van der Waals surface area contributed by atoms with Crippen LogP contribution in [0.1, 0.15) is 11.6 Å². The monoisotopic (exact) mass is 389 g/mol. The molecule has 9 heteroatoms. The highest BCUT2D eigenvalue weighted by Gasteiger charge is 2.44. The van der Waals surface area contributed by atoms with Crippen LogP contribution >= 0.6 is 23.5 Å². The summed E-state index contributed by atoms with van der Waals surface area (Å²) < 4.78 is 57.1. The van der Waals surface area contributed by atoms with Gasteiger partial charge >= 0.3 is 6.18 Å². The maximum absolute atomic E-state index is 13.6. The zero-order valence-corrected chi connectivity index (χ0v) is 14.4. The Balaban J connectivity index is 1.91. The average molecular weight is 390 g/mol. The van der Waals surface area contributed by atoms with Gasteiger partial charge in [-0.3, -0.25) is 0 Å². The van der Waals surface area contributed by atoms with Crippen LogP contribution < -0.4 is 0 Å². The number of hydrogen-bond acceptors (Lipinski definition) is 3. The van der Waals surface area contributed by atoms with Crippen molar-refractivity contribution >= 4 is 29.2 Å². The zero-order chi connectivity index (χ0) is 18.2. The van der Waals surface area contributed by atoms with Crippen LogP contribution in [0, 0.1) is 5.82 Å². The third kappa shape index (κ3) is 3.91. The fourth-order valence-electron chi connectivity index (χ4n) is 2.45. The minimum absolute atomic E-state index is 0.216. The van der Waals surface area contributed by atoms with E-state index in [1.807, 2.05) is 0 Å². The molecule has 3 nitrogen and oxygen atoms in total. The number of hydrogen-bond donors (Lipinski definition) is 0. The van der Waals surface area contributed by atoms with Crippen LogP contribution in [0.25, 0.3) is 5.65 Å². The second-order valence-electron chi connectivity index (χ2n) is 5.31. The Morgan fingerprint density at radius 3 is 2.64 bits per heavy atom. The summed E-state index contributed by atoms with van der Waals surface area (Å²) in [6, 6.07) is 4.50. The van der Waals surface area contributed by atoms with E-state index in [-0.39, 0.29) is 10.6 Å². The number of imidazole rings is 1. The van der Waals surface area contributed by atoms with Gasteiger partial charge in [0.1, 0.15) is 17.5 Å². The zero-order valence-electron chi connectivity index (χ0n) is 12.8. The second kappa shape index (κ2) is 6.86. The van der Waals surface area contributed by atoms with E-state index in [1.165, 1.54) is 13.1 Å². The van der Waals surface area contributed by atoms with Gasteiger partial charge in [0.05, 0.1) is 5.02 Å². The summed E-state index contributed by atoms with van der Waals surface area (Å²) >= 11 is 6.48. The van der Waals surface area contributed by atoms with Crippen LogP contribution in [0.4, 0.5) is 17.6 Å². The number of rotatable bonds is 4. The van der Waals surface area contributed by atoms with E-state index in [4.69, 9.17) is 11.6 Å². The molecule has 0 aliphatic heterocycles. The van der Waals surface area contributed by atoms with Crippen molar-refractivity contribution < 1.29 is 17.6 Å². The van der Waals surface area contributed by atoms with Crippen molar-refractivity contribution in [3.8, 4) is 0 Å². The topological polar surface area (TPSA) is 20.5 Å². The van der Waals surface area contributed by atoms with Gasteiger partial charge in [-0.1, -0.05) is 17.7 Å². The summed E-state index contributed by atoms with van der Waals surface area (Å²) in [4.78, 5) is 4.69. The number of nitrogens with zero attached hydrogens (tertiary/aromatic N) is 3. The summed E-state index contributed by atoms with van der Waals surface area (Å²) in [7, 11) is 1.31. The Hall–Kier alpha value is -1.77. The summed E-state index contributed by atoms with van der Waals surface area (Å²) in [5.74, 6) is -0.884. The molecular formula is C16H12ClF4N3S. The Morgan fingerprint density at radius 1 is 1.20 bits per heavy atom. The smallest absolute Gasteiger partial charge is 0.307 e. The van der Waals surface area contributed by atoms with Crippen molar-refractivity contribution in [3.05, 3.63) is 65.3 Å². The first-order chi connectivity index (χ1) is 11.8. The molecule has 3 rings (SSSR count). The molecule has 1 aromatic carbocycles. The van der Waals surface area contributed by atoms with Crippen LogP contribution in [0.5, 0.6) is 0 Å². The highest BCUT2D eigenvalue weighted by atomic mass is 35.5. The molecule has 0 saturated heterocycles. The molecule has 0 aliphatic rings. The fourth-order valence-corrected chi connectivity index (χ4v) is 3.53. The molecule has 25 heavy (non-hydrogen) atoms. The number of aromatic nitrogens is 2. The number of fused-ring (bicyclic) bond motifs is 1. The molecule has 132 valence electrons. The normalized spacial score (nSPS) is 13.6. The maximum atomic E-state index is 13.6. The van der Waals surface area contributed by atoms with E-state index in [0.29, 0.717) is 10.5 Å². The lowest BCUT2D eigenvalue weighted by molar-refractivity contribution is -0.169. The van der Waals surface area contributed by atoms with Gasteiger partial charge in [0.15, 0.2) is 0 Å². The van der Waals surface area contributed by atoms with E-state index in [1.54, 1.807) is 35.1 Å². The van der Waals surface area contributed by atoms with Gasteiger partial charge in [-0.05, 0) is 48.8 Å². The number of pyridine rings is 1. The number of benzene rings is 1. The minimum Gasteiger partial charge on any atom is -0.307 e. The first kappa shape index (κ1) is 18.0. The Morgan fingerprint density at radius 2 is 1.96 bits per heavy atom. The first-order valence-electron chi connectivity index (χ1n) is 7.11. The van der Waals surface area contributed by atoms with Crippen molar-refractivity contribution in [1.82, 2.24) is 13.7 Å². The summed E-state index contributed by atoms with van der Waals surface area (Å²) in [6.45, 7) is 0. The highest BCUT2D eigenvalue weighted by molar-refractivity contribution is 7.97. The van der Waals surface area contributed by atoms with Gasteiger partial charge < -0.3 is 4.40 Å². The highest BCUT2D eigenvalue weighted by Crippen LogP contribution is 2.42. The van der Waals surface area contributed by atoms with E-state index < -0.39 is 18.0 Å². The van der Waals surface area contributed by atoms with Crippen LogP contribution in [-0.2, 0) is 0 Å². The van der Waals surface area contributed by atoms with E-state index in [9.17, 15) is 17.6 Å². The fraction of sp³-hybridized carbons (Fsp3) is 0.188. The lowest BCUT2D eigenvalue weighted by atomic mass is 10.1. The molecule has 3 aromatic rings. The second-order valence-corrected chi connectivity index (χ2v) is 6.95. The molecule has 1 atom stereocenters. The molecule has 1 unspecified atom stereocenters. The number of halogens is 5. The molecule has 0 saturated carbocycles. The first-order valence-corrected chi connectivity index (χ1v) is 8.26. The van der Waals surface area contributed by atoms with Crippen LogP contribution in [0.2, 0.25) is 5.02 Å². The molecule has 0 bridgehead atoms. The van der Waals surface area contributed by atoms with Crippen molar-refractivity contribution in [2.24, 2.45) is 0 Å². The molecule has 0 spiro atoms. The maximum Gasteiger partial charge on any atom is 0.408 e. The van der Waals surface area contributed by atoms with Crippen molar-refractivity contribution in [2.75, 3.05) is 7.05 Å². The largest absolute Gasteiger partial charge is 0.408 e. The van der Waals surface area contributed by atoms with Crippen LogP contribution in [-0.4, -0.2) is 26.9 Å². The van der Waals surface area contributed by atoms with E-state index in [0.717, 1.165) is 28.4 Å². The molecular weight excluding hydrogens is 378 g/mol. The van der Waals surface area contributed by atoms with Crippen molar-refractivity contribution in [3.63, 3.8) is 0 Å². The van der Waals surface area contributed by atoms with Crippen LogP contribution in [0.3, 0.4) is 0 Å². The molecule has 2 heterocycles. The predicted octanol–water partition coefficient (Wildman–Crippen LogP) is 5.37. The lowest BCUT2D eigenvalue weighted by Gasteiger charge is -2.29. The van der Waals surface area contributed by atoms with Gasteiger partial charge in [0, 0.05) is 23.5 Å². The predicted molar refractivity (Wildman–Crippen MR) is 89.0 cm³/mol. The Labute approximate surface area is 150 Å². The molecule has 0 amide bonds. The average Bonchev–Trinajstić information content (AvgIpc) is 2.97. The summed E-state index contributed by atoms with van der Waals surface area (Å²) in [5, 5.41) is -0.218. The minimum atomic E-state index is -4.58. The van der Waals surface area contributed by atoms with Gasteiger partial charge in [0.25, 0.3) is 0 Å². The number of alkyl halides is 3. The summed E-state index contributed by atoms with van der Waals surface area (Å²) in [6.07, 6.45) is 0.466. The van der Waals surface area contributed by atoms with E-state index in [2.05, 4.69) is 4.98 Å². The Kier molecular flexibility index (Phi) is 4.95. The molecule has 0 aliphatic carbocycles. The van der Waals surface area contributed by atoms with Gasteiger partial charge in [-0.25, -0.2) is 13.7 Å². The van der Waals surface area contributed by atoms with Gasteiger partial charge in [-0.15, -0.1) is 0 Å². The summed E-state index contributed by atoms with van der Waals surface area (Å²) in [5.41, 5.74) is 0.408.